The van der Waals surface area contributed by atoms with Gasteiger partial charge in [-0.1, -0.05) is 11.3 Å². The molecule has 0 spiro atoms. The standard InChI is InChI=1S/C13H20N4OS/c1-8-4-2-3-7-17(8)13-15-10(9-5-6-9)11(19-13)12(18)16-14/h8-9H,2-7,14H2,1H3,(H,16,18). The van der Waals surface area contributed by atoms with Crippen LogP contribution in [-0.2, 0) is 0 Å². The highest BCUT2D eigenvalue weighted by atomic mass is 32.1. The van der Waals surface area contributed by atoms with E-state index in [1.54, 1.807) is 0 Å². The summed E-state index contributed by atoms with van der Waals surface area (Å²) in [7, 11) is 0. The van der Waals surface area contributed by atoms with E-state index in [9.17, 15) is 4.79 Å². The minimum absolute atomic E-state index is 0.199. The van der Waals surface area contributed by atoms with Crippen LogP contribution in [0.3, 0.4) is 0 Å². The van der Waals surface area contributed by atoms with Crippen molar-refractivity contribution in [3.05, 3.63) is 10.6 Å². The molecule has 6 heteroatoms. The zero-order valence-corrected chi connectivity index (χ0v) is 12.0. The number of nitrogens with two attached hydrogens (primary N) is 1. The average Bonchev–Trinajstić information content (AvgIpc) is 3.18. The van der Waals surface area contributed by atoms with Crippen LogP contribution in [0.15, 0.2) is 0 Å². The molecule has 1 aromatic heterocycles. The Morgan fingerprint density at radius 2 is 2.21 bits per heavy atom. The van der Waals surface area contributed by atoms with Crippen LogP contribution in [0.1, 0.15) is 60.3 Å². The van der Waals surface area contributed by atoms with Gasteiger partial charge in [-0.15, -0.1) is 0 Å². The summed E-state index contributed by atoms with van der Waals surface area (Å²) in [5.74, 6) is 5.55. The maximum Gasteiger partial charge on any atom is 0.277 e. The second-order valence-corrected chi connectivity index (χ2v) is 6.47. The number of rotatable bonds is 3. The van der Waals surface area contributed by atoms with E-state index < -0.39 is 0 Å². The zero-order valence-electron chi connectivity index (χ0n) is 11.2. The Balaban J connectivity index is 1.91. The van der Waals surface area contributed by atoms with Crippen molar-refractivity contribution in [3.63, 3.8) is 0 Å². The van der Waals surface area contributed by atoms with Crippen molar-refractivity contribution < 1.29 is 4.79 Å². The average molecular weight is 280 g/mol. The van der Waals surface area contributed by atoms with Gasteiger partial charge in [0.25, 0.3) is 5.91 Å². The lowest BCUT2D eigenvalue weighted by molar-refractivity contribution is 0.0956. The fraction of sp³-hybridized carbons (Fsp3) is 0.692. The number of amides is 1. The number of nitrogens with one attached hydrogen (secondary N) is 1. The SMILES string of the molecule is CC1CCCCN1c1nc(C2CC2)c(C(=O)NN)s1. The molecule has 1 amide bonds. The third-order valence-electron chi connectivity index (χ3n) is 3.99. The van der Waals surface area contributed by atoms with Crippen LogP contribution in [0.4, 0.5) is 5.13 Å². The molecule has 2 fully saturated rings. The van der Waals surface area contributed by atoms with Crippen molar-refractivity contribution in [1.82, 2.24) is 10.4 Å². The number of carbonyl (C=O) groups excluding carboxylic acids is 1. The molecule has 3 rings (SSSR count). The first-order chi connectivity index (χ1) is 9.20. The molecule has 1 saturated heterocycles. The monoisotopic (exact) mass is 280 g/mol. The summed E-state index contributed by atoms with van der Waals surface area (Å²) in [6, 6.07) is 0.515. The summed E-state index contributed by atoms with van der Waals surface area (Å²) in [5, 5.41) is 0.993. The fourth-order valence-corrected chi connectivity index (χ4v) is 3.87. The highest BCUT2D eigenvalue weighted by Crippen LogP contribution is 2.44. The molecule has 0 radical (unpaired) electrons. The molecule has 1 unspecified atom stereocenters. The first kappa shape index (κ1) is 12.9. The predicted molar refractivity (Wildman–Crippen MR) is 76.4 cm³/mol. The van der Waals surface area contributed by atoms with E-state index in [1.165, 1.54) is 30.6 Å². The van der Waals surface area contributed by atoms with Crippen LogP contribution in [0.5, 0.6) is 0 Å². The van der Waals surface area contributed by atoms with Crippen LogP contribution in [0.25, 0.3) is 0 Å². The van der Waals surface area contributed by atoms with E-state index in [1.807, 2.05) is 0 Å². The Hall–Kier alpha value is -1.14. The van der Waals surface area contributed by atoms with Gasteiger partial charge in [-0.3, -0.25) is 10.2 Å². The second-order valence-electron chi connectivity index (χ2n) is 5.50. The van der Waals surface area contributed by atoms with E-state index in [-0.39, 0.29) is 5.91 Å². The molecular weight excluding hydrogens is 260 g/mol. The molecule has 19 heavy (non-hydrogen) atoms. The van der Waals surface area contributed by atoms with Crippen LogP contribution in [0.2, 0.25) is 0 Å². The smallest absolute Gasteiger partial charge is 0.277 e. The zero-order chi connectivity index (χ0) is 13.4. The normalized spacial score (nSPS) is 23.5. The molecule has 1 atom stereocenters. The summed E-state index contributed by atoms with van der Waals surface area (Å²) in [6.07, 6.45) is 5.99. The van der Waals surface area contributed by atoms with Gasteiger partial charge in [0, 0.05) is 18.5 Å². The molecule has 1 aliphatic heterocycles. The number of carbonyl (C=O) groups is 1. The van der Waals surface area contributed by atoms with Gasteiger partial charge in [0.1, 0.15) is 4.88 Å². The van der Waals surface area contributed by atoms with Crippen molar-refractivity contribution in [2.24, 2.45) is 5.84 Å². The Labute approximate surface area is 117 Å². The summed E-state index contributed by atoms with van der Waals surface area (Å²) >= 11 is 1.49. The van der Waals surface area contributed by atoms with Crippen molar-refractivity contribution in [1.29, 1.82) is 0 Å². The van der Waals surface area contributed by atoms with Crippen LogP contribution >= 0.6 is 11.3 Å². The molecule has 0 aromatic carbocycles. The summed E-state index contributed by atoms with van der Waals surface area (Å²) in [4.78, 5) is 19.7. The van der Waals surface area contributed by atoms with E-state index in [2.05, 4.69) is 17.2 Å². The third kappa shape index (κ3) is 2.47. The molecule has 1 aliphatic carbocycles. The summed E-state index contributed by atoms with van der Waals surface area (Å²) in [6.45, 7) is 3.28. The molecule has 1 aromatic rings. The van der Waals surface area contributed by atoms with Crippen molar-refractivity contribution in [2.75, 3.05) is 11.4 Å². The topological polar surface area (TPSA) is 71.2 Å². The predicted octanol–water partition coefficient (Wildman–Crippen LogP) is 2.00. The number of hydrogen-bond donors (Lipinski definition) is 2. The second kappa shape index (κ2) is 5.09. The quantitative estimate of drug-likeness (QED) is 0.505. The van der Waals surface area contributed by atoms with Gasteiger partial charge in [-0.05, 0) is 39.0 Å². The molecule has 104 valence electrons. The highest BCUT2D eigenvalue weighted by Gasteiger charge is 2.33. The number of piperidine rings is 1. The minimum Gasteiger partial charge on any atom is -0.345 e. The third-order valence-corrected chi connectivity index (χ3v) is 5.10. The summed E-state index contributed by atoms with van der Waals surface area (Å²) < 4.78 is 0. The van der Waals surface area contributed by atoms with Gasteiger partial charge < -0.3 is 4.90 Å². The van der Waals surface area contributed by atoms with Gasteiger partial charge in [0.2, 0.25) is 0 Å². The molecule has 0 bridgehead atoms. The van der Waals surface area contributed by atoms with Crippen molar-refractivity contribution in [3.8, 4) is 0 Å². The van der Waals surface area contributed by atoms with Crippen LogP contribution < -0.4 is 16.2 Å². The van der Waals surface area contributed by atoms with Gasteiger partial charge in [-0.2, -0.15) is 0 Å². The Kier molecular flexibility index (Phi) is 3.45. The molecule has 3 N–H and O–H groups in total. The lowest BCUT2D eigenvalue weighted by atomic mass is 10.0. The summed E-state index contributed by atoms with van der Waals surface area (Å²) in [5.41, 5.74) is 3.20. The van der Waals surface area contributed by atoms with E-state index in [4.69, 9.17) is 10.8 Å². The maximum atomic E-state index is 11.9. The van der Waals surface area contributed by atoms with Gasteiger partial charge in [0.05, 0.1) is 5.69 Å². The molecule has 1 saturated carbocycles. The van der Waals surface area contributed by atoms with Crippen molar-refractivity contribution in [2.45, 2.75) is 51.0 Å². The van der Waals surface area contributed by atoms with E-state index in [0.29, 0.717) is 16.8 Å². The van der Waals surface area contributed by atoms with Crippen molar-refractivity contribution >= 4 is 22.4 Å². The Bertz CT molecular complexity index is 483. The molecule has 5 nitrogen and oxygen atoms in total. The molecular formula is C13H20N4OS. The number of anilines is 1. The van der Waals surface area contributed by atoms with E-state index in [0.717, 1.165) is 30.2 Å². The van der Waals surface area contributed by atoms with E-state index >= 15 is 0 Å². The van der Waals surface area contributed by atoms with Gasteiger partial charge in [0.15, 0.2) is 5.13 Å². The minimum atomic E-state index is -0.199. The Morgan fingerprint density at radius 1 is 1.42 bits per heavy atom. The number of thiazole rings is 1. The first-order valence-corrected chi connectivity index (χ1v) is 7.80. The number of nitrogen functional groups attached to an aromatic ring is 1. The lowest BCUT2D eigenvalue weighted by Gasteiger charge is -2.33. The Morgan fingerprint density at radius 3 is 2.84 bits per heavy atom. The number of nitrogens with zero attached hydrogens (tertiary/aromatic N) is 2. The molecule has 2 aliphatic rings. The van der Waals surface area contributed by atoms with Crippen LogP contribution in [-0.4, -0.2) is 23.5 Å². The number of aromatic nitrogens is 1. The van der Waals surface area contributed by atoms with Crippen LogP contribution in [0, 0.1) is 0 Å². The lowest BCUT2D eigenvalue weighted by Crippen LogP contribution is -2.37. The van der Waals surface area contributed by atoms with Gasteiger partial charge >= 0.3 is 0 Å². The largest absolute Gasteiger partial charge is 0.345 e. The maximum absolute atomic E-state index is 11.9. The fourth-order valence-electron chi connectivity index (χ4n) is 2.69. The van der Waals surface area contributed by atoms with Gasteiger partial charge in [-0.25, -0.2) is 10.8 Å². The first-order valence-electron chi connectivity index (χ1n) is 6.99. The number of hydrazine groups is 1. The number of hydrogen-bond acceptors (Lipinski definition) is 5. The highest BCUT2D eigenvalue weighted by molar-refractivity contribution is 7.17. The molecule has 2 heterocycles.